The largest absolute Gasteiger partial charge is 0.446 e. The predicted molar refractivity (Wildman–Crippen MR) is 183 cm³/mol. The summed E-state index contributed by atoms with van der Waals surface area (Å²) in [7, 11) is 0. The van der Waals surface area contributed by atoms with Crippen LogP contribution in [0.3, 0.4) is 0 Å². The van der Waals surface area contributed by atoms with E-state index in [-0.39, 0.29) is 85.2 Å². The zero-order valence-electron chi connectivity index (χ0n) is 29.0. The van der Waals surface area contributed by atoms with E-state index in [1.807, 2.05) is 18.2 Å². The number of hydrogen-bond acceptors (Lipinski definition) is 7. The van der Waals surface area contributed by atoms with Gasteiger partial charge in [0.15, 0.2) is 0 Å². The standard InChI is InChI=1S/C37H58N4O6/c1-37(2,3)27-30(28-13-8-7-9-14-28)25-29-26-34(44)41(35(29)45)24-19-31(42)17-22-38-23-18-33(43)39-20-12-21-40-36(46)47-32-15-10-5-4-6-11-16-32/h7-9,13-14,29-30,32,38H,4-6,10-12,15-27H2,1-3H3,(H,39,43)(H,40,46). The topological polar surface area (TPSA) is 134 Å². The number of ketones is 1. The summed E-state index contributed by atoms with van der Waals surface area (Å²) < 4.78 is 5.54. The second-order valence-corrected chi connectivity index (χ2v) is 14.4. The van der Waals surface area contributed by atoms with Gasteiger partial charge >= 0.3 is 6.09 Å². The maximum absolute atomic E-state index is 13.2. The van der Waals surface area contributed by atoms with Gasteiger partial charge in [-0.3, -0.25) is 24.1 Å². The summed E-state index contributed by atoms with van der Waals surface area (Å²) in [5.74, 6) is -0.657. The maximum atomic E-state index is 13.2. The average Bonchev–Trinajstić information content (AvgIpc) is 3.27. The molecule has 262 valence electrons. The van der Waals surface area contributed by atoms with Gasteiger partial charge in [0.25, 0.3) is 0 Å². The molecule has 2 fully saturated rings. The smallest absolute Gasteiger partial charge is 0.407 e. The van der Waals surface area contributed by atoms with E-state index in [1.165, 1.54) is 29.7 Å². The maximum Gasteiger partial charge on any atom is 0.407 e. The van der Waals surface area contributed by atoms with Crippen LogP contribution in [0.5, 0.6) is 0 Å². The number of carbonyl (C=O) groups excluding carboxylic acids is 5. The summed E-state index contributed by atoms with van der Waals surface area (Å²) in [6.07, 6.45) is 10.4. The van der Waals surface area contributed by atoms with Crippen molar-refractivity contribution in [3.05, 3.63) is 35.9 Å². The van der Waals surface area contributed by atoms with E-state index in [9.17, 15) is 24.0 Å². The highest BCUT2D eigenvalue weighted by Gasteiger charge is 2.40. The SMILES string of the molecule is CC(C)(C)CC(CC1CC(=O)N(CCC(=O)CCNCCC(=O)NCCCNC(=O)OC2CCCCCCC2)C1=O)c1ccccc1. The van der Waals surface area contributed by atoms with Gasteiger partial charge in [0.2, 0.25) is 17.7 Å². The number of hydrogen-bond donors (Lipinski definition) is 3. The van der Waals surface area contributed by atoms with Crippen molar-refractivity contribution in [2.24, 2.45) is 11.3 Å². The van der Waals surface area contributed by atoms with Gasteiger partial charge in [0.05, 0.1) is 0 Å². The molecular formula is C37H58N4O6. The third-order valence-electron chi connectivity index (χ3n) is 9.03. The van der Waals surface area contributed by atoms with Crippen molar-refractivity contribution in [2.75, 3.05) is 32.7 Å². The lowest BCUT2D eigenvalue weighted by atomic mass is 9.77. The normalized spacial score (nSPS) is 18.4. The van der Waals surface area contributed by atoms with E-state index in [0.717, 1.165) is 32.1 Å². The van der Waals surface area contributed by atoms with Crippen molar-refractivity contribution in [2.45, 2.75) is 123 Å². The van der Waals surface area contributed by atoms with Crippen molar-refractivity contribution in [3.8, 4) is 0 Å². The van der Waals surface area contributed by atoms with Crippen molar-refractivity contribution < 1.29 is 28.7 Å². The third kappa shape index (κ3) is 15.0. The fourth-order valence-electron chi connectivity index (χ4n) is 6.56. The van der Waals surface area contributed by atoms with Crippen LogP contribution >= 0.6 is 0 Å². The van der Waals surface area contributed by atoms with Crippen LogP contribution in [0, 0.1) is 11.3 Å². The van der Waals surface area contributed by atoms with Crippen LogP contribution in [0.1, 0.15) is 122 Å². The van der Waals surface area contributed by atoms with Crippen molar-refractivity contribution in [3.63, 3.8) is 0 Å². The summed E-state index contributed by atoms with van der Waals surface area (Å²) in [5, 5.41) is 8.73. The number of nitrogens with one attached hydrogen (secondary N) is 3. The van der Waals surface area contributed by atoms with E-state index in [4.69, 9.17) is 4.74 Å². The molecule has 1 aromatic carbocycles. The molecule has 0 bridgehead atoms. The molecule has 1 aliphatic heterocycles. The Hall–Kier alpha value is -3.27. The van der Waals surface area contributed by atoms with Crippen LogP contribution in [-0.4, -0.2) is 73.3 Å². The first-order valence-corrected chi connectivity index (χ1v) is 17.8. The van der Waals surface area contributed by atoms with Crippen LogP contribution < -0.4 is 16.0 Å². The molecule has 3 rings (SSSR count). The number of likely N-dealkylation sites (tertiary alicyclic amines) is 1. The molecule has 0 radical (unpaired) electrons. The highest BCUT2D eigenvalue weighted by Crippen LogP contribution is 2.38. The van der Waals surface area contributed by atoms with E-state index < -0.39 is 0 Å². The molecule has 1 saturated carbocycles. The molecule has 10 heteroatoms. The Morgan fingerprint density at radius 1 is 0.872 bits per heavy atom. The number of imide groups is 1. The Morgan fingerprint density at radius 3 is 2.23 bits per heavy atom. The summed E-state index contributed by atoms with van der Waals surface area (Å²) in [4.78, 5) is 63.8. The summed E-state index contributed by atoms with van der Waals surface area (Å²) >= 11 is 0. The molecule has 1 aliphatic carbocycles. The van der Waals surface area contributed by atoms with Crippen molar-refractivity contribution in [1.82, 2.24) is 20.9 Å². The minimum atomic E-state index is -0.382. The highest BCUT2D eigenvalue weighted by molar-refractivity contribution is 6.03. The van der Waals surface area contributed by atoms with Crippen LogP contribution in [-0.2, 0) is 23.9 Å². The lowest BCUT2D eigenvalue weighted by molar-refractivity contribution is -0.139. The molecule has 47 heavy (non-hydrogen) atoms. The van der Waals surface area contributed by atoms with Crippen LogP contribution in [0.2, 0.25) is 0 Å². The van der Waals surface area contributed by atoms with Crippen LogP contribution in [0.15, 0.2) is 30.3 Å². The molecule has 0 spiro atoms. The lowest BCUT2D eigenvalue weighted by Gasteiger charge is -2.28. The molecule has 1 saturated heterocycles. The fraction of sp³-hybridized carbons (Fsp3) is 0.703. The molecule has 0 aromatic heterocycles. The fourth-order valence-corrected chi connectivity index (χ4v) is 6.56. The van der Waals surface area contributed by atoms with Gasteiger partial charge in [-0.25, -0.2) is 4.79 Å². The monoisotopic (exact) mass is 654 g/mol. The summed E-state index contributed by atoms with van der Waals surface area (Å²) in [6.45, 7) is 8.45. The number of benzene rings is 1. The van der Waals surface area contributed by atoms with Crippen LogP contribution in [0.4, 0.5) is 4.79 Å². The molecule has 10 nitrogen and oxygen atoms in total. The van der Waals surface area contributed by atoms with Gasteiger partial charge < -0.3 is 20.7 Å². The molecular weight excluding hydrogens is 596 g/mol. The van der Waals surface area contributed by atoms with Crippen molar-refractivity contribution >= 4 is 29.6 Å². The summed E-state index contributed by atoms with van der Waals surface area (Å²) in [6, 6.07) is 10.2. The Balaban J connectivity index is 1.23. The zero-order valence-corrected chi connectivity index (χ0v) is 29.0. The number of rotatable bonds is 18. The molecule has 1 heterocycles. The van der Waals surface area contributed by atoms with Gasteiger partial charge in [0.1, 0.15) is 11.9 Å². The first kappa shape index (κ1) is 38.2. The van der Waals surface area contributed by atoms with E-state index >= 15 is 0 Å². The highest BCUT2D eigenvalue weighted by atomic mass is 16.6. The first-order valence-electron chi connectivity index (χ1n) is 17.8. The number of alkyl carbamates (subject to hydrolysis) is 1. The molecule has 2 aliphatic rings. The minimum Gasteiger partial charge on any atom is -0.446 e. The number of ether oxygens (including phenoxy) is 1. The zero-order chi connectivity index (χ0) is 34.1. The Bertz CT molecular complexity index is 1140. The second-order valence-electron chi connectivity index (χ2n) is 14.4. The van der Waals surface area contributed by atoms with Gasteiger partial charge in [-0.15, -0.1) is 0 Å². The van der Waals surface area contributed by atoms with Gasteiger partial charge in [-0.05, 0) is 61.8 Å². The van der Waals surface area contributed by atoms with E-state index in [0.29, 0.717) is 39.0 Å². The quantitative estimate of drug-likeness (QED) is 0.138. The van der Waals surface area contributed by atoms with Gasteiger partial charge in [-0.1, -0.05) is 70.4 Å². The number of Topliss-reactive ketones (excluding diaryl/α,β-unsaturated/α-hetero) is 1. The number of nitrogens with zero attached hydrogens (tertiary/aromatic N) is 1. The van der Waals surface area contributed by atoms with Crippen LogP contribution in [0.25, 0.3) is 0 Å². The predicted octanol–water partition coefficient (Wildman–Crippen LogP) is 5.65. The molecule has 2 atom stereocenters. The van der Waals surface area contributed by atoms with E-state index in [2.05, 4.69) is 48.9 Å². The number of carbonyl (C=O) groups is 5. The molecule has 4 amide bonds. The van der Waals surface area contributed by atoms with Gasteiger partial charge in [0, 0.05) is 64.3 Å². The molecule has 2 unspecified atom stereocenters. The average molecular weight is 655 g/mol. The Labute approximate surface area is 281 Å². The Morgan fingerprint density at radius 2 is 1.53 bits per heavy atom. The summed E-state index contributed by atoms with van der Waals surface area (Å²) in [5.41, 5.74) is 1.27. The minimum absolute atomic E-state index is 0.00567. The third-order valence-corrected chi connectivity index (χ3v) is 9.03. The number of amides is 4. The molecule has 1 aromatic rings. The second kappa shape index (κ2) is 20.2. The van der Waals surface area contributed by atoms with E-state index in [1.54, 1.807) is 0 Å². The lowest BCUT2D eigenvalue weighted by Crippen LogP contribution is -2.34. The first-order chi connectivity index (χ1) is 22.5. The molecule has 3 N–H and O–H groups in total. The van der Waals surface area contributed by atoms with Crippen molar-refractivity contribution in [1.29, 1.82) is 0 Å². The Kier molecular flexibility index (Phi) is 16.4. The van der Waals surface area contributed by atoms with Gasteiger partial charge in [-0.2, -0.15) is 0 Å².